The molecule has 0 spiro atoms. The van der Waals surface area contributed by atoms with E-state index in [1.807, 2.05) is 0 Å². The SMILES string of the molecule is CC(C)C[C@H](NC(=O)[C@@H](N)CC(=O)O)C(=O)N[C@@H](CCC(N)=O)C(=O)NCC(=O)N[C@H](C(=O)N[C@H](C(=O)N[C@@H](Cc1ccccc1)C(=O)N1CCC[C@H]1C(=O)N[C@@H](Cc1ccc(O)cc1)C(=O)O)C(C)C)C(C)C. The first-order valence-corrected chi connectivity index (χ1v) is 24.5. The van der Waals surface area contributed by atoms with Crippen LogP contribution >= 0.6 is 0 Å². The second-order valence-corrected chi connectivity index (χ2v) is 19.4. The van der Waals surface area contributed by atoms with Crippen LogP contribution in [0, 0.1) is 17.8 Å². The molecule has 9 amide bonds. The quantitative estimate of drug-likeness (QED) is 0.0451. The average molecular weight is 1040 g/mol. The number of carbonyl (C=O) groups excluding carboxylic acids is 9. The number of carboxylic acids is 2. The topological polar surface area (TPSA) is 388 Å². The lowest BCUT2D eigenvalue weighted by Crippen LogP contribution is -2.61. The van der Waals surface area contributed by atoms with Gasteiger partial charge in [0.25, 0.3) is 0 Å². The highest BCUT2D eigenvalue weighted by molar-refractivity contribution is 5.98. The maximum atomic E-state index is 14.5. The Labute approximate surface area is 429 Å². The molecule has 0 radical (unpaired) electrons. The van der Waals surface area contributed by atoms with Crippen LogP contribution in [0.4, 0.5) is 0 Å². The molecule has 14 N–H and O–H groups in total. The van der Waals surface area contributed by atoms with Crippen LogP contribution in [-0.4, -0.2) is 147 Å². The molecule has 74 heavy (non-hydrogen) atoms. The van der Waals surface area contributed by atoms with E-state index in [1.165, 1.54) is 29.2 Å². The molecule has 1 fully saturated rings. The van der Waals surface area contributed by atoms with Crippen LogP contribution < -0.4 is 48.7 Å². The van der Waals surface area contributed by atoms with Gasteiger partial charge in [-0.25, -0.2) is 4.79 Å². The summed E-state index contributed by atoms with van der Waals surface area (Å²) in [4.78, 5) is 145. The monoisotopic (exact) mass is 1040 g/mol. The molecule has 1 saturated heterocycles. The molecule has 24 nitrogen and oxygen atoms in total. The Morgan fingerprint density at radius 2 is 1.20 bits per heavy atom. The molecule has 8 atom stereocenters. The first-order valence-electron chi connectivity index (χ1n) is 24.5. The van der Waals surface area contributed by atoms with E-state index in [9.17, 15) is 63.0 Å². The number of aliphatic carboxylic acids is 2. The number of aromatic hydroxyl groups is 1. The van der Waals surface area contributed by atoms with Crippen LogP contribution in [0.15, 0.2) is 54.6 Å². The van der Waals surface area contributed by atoms with Gasteiger partial charge in [0, 0.05) is 25.8 Å². The minimum atomic E-state index is -1.48. The number of hydrogen-bond acceptors (Lipinski definition) is 13. The van der Waals surface area contributed by atoms with Gasteiger partial charge < -0.3 is 68.9 Å². The van der Waals surface area contributed by atoms with Crippen LogP contribution in [0.5, 0.6) is 5.75 Å². The van der Waals surface area contributed by atoms with E-state index in [4.69, 9.17) is 16.6 Å². The summed E-state index contributed by atoms with van der Waals surface area (Å²) >= 11 is 0. The highest BCUT2D eigenvalue weighted by Crippen LogP contribution is 2.21. The molecule has 0 aliphatic carbocycles. The van der Waals surface area contributed by atoms with Crippen LogP contribution in [0.3, 0.4) is 0 Å². The molecule has 0 aromatic heterocycles. The molecular formula is C50H72N10O14. The number of amides is 9. The van der Waals surface area contributed by atoms with Crippen molar-refractivity contribution >= 4 is 65.1 Å². The van der Waals surface area contributed by atoms with Gasteiger partial charge in [-0.3, -0.25) is 47.9 Å². The van der Waals surface area contributed by atoms with E-state index in [2.05, 4.69) is 37.2 Å². The molecule has 2 aromatic rings. The lowest BCUT2D eigenvalue weighted by molar-refractivity contribution is -0.145. The van der Waals surface area contributed by atoms with Crippen molar-refractivity contribution < 1.29 is 68.1 Å². The number of phenolic OH excluding ortho intramolecular Hbond substituents is 1. The summed E-state index contributed by atoms with van der Waals surface area (Å²) in [5.41, 5.74) is 12.2. The van der Waals surface area contributed by atoms with Gasteiger partial charge >= 0.3 is 11.9 Å². The minimum absolute atomic E-state index is 0.0180. The third-order valence-electron chi connectivity index (χ3n) is 12.0. The number of rotatable bonds is 29. The Morgan fingerprint density at radius 3 is 1.77 bits per heavy atom. The minimum Gasteiger partial charge on any atom is -0.508 e. The van der Waals surface area contributed by atoms with Crippen LogP contribution in [-0.2, 0) is 65.6 Å². The van der Waals surface area contributed by atoms with E-state index in [0.29, 0.717) is 17.5 Å². The summed E-state index contributed by atoms with van der Waals surface area (Å²) < 4.78 is 0. The second kappa shape index (κ2) is 29.2. The first kappa shape index (κ1) is 60.7. The fourth-order valence-corrected chi connectivity index (χ4v) is 8.07. The average Bonchev–Trinajstić information content (AvgIpc) is 3.82. The highest BCUT2D eigenvalue weighted by atomic mass is 16.4. The van der Waals surface area contributed by atoms with Crippen LogP contribution in [0.25, 0.3) is 0 Å². The number of primary amides is 1. The molecule has 406 valence electrons. The summed E-state index contributed by atoms with van der Waals surface area (Å²) in [5.74, 6) is -11.3. The number of nitrogens with zero attached hydrogens (tertiary/aromatic N) is 1. The largest absolute Gasteiger partial charge is 0.508 e. The molecule has 1 heterocycles. The Morgan fingerprint density at radius 1 is 0.649 bits per heavy atom. The second-order valence-electron chi connectivity index (χ2n) is 19.4. The number of likely N-dealkylation sites (tertiary alicyclic amines) is 1. The Bertz CT molecular complexity index is 2310. The number of nitrogens with one attached hydrogen (secondary N) is 7. The van der Waals surface area contributed by atoms with Crippen molar-refractivity contribution in [3.05, 3.63) is 65.7 Å². The van der Waals surface area contributed by atoms with Crippen molar-refractivity contribution in [3.63, 3.8) is 0 Å². The Kier molecular flexibility index (Phi) is 23.9. The van der Waals surface area contributed by atoms with Crippen molar-refractivity contribution in [2.45, 2.75) is 141 Å². The van der Waals surface area contributed by atoms with Crippen molar-refractivity contribution in [3.8, 4) is 5.75 Å². The summed E-state index contributed by atoms with van der Waals surface area (Å²) in [7, 11) is 0. The summed E-state index contributed by atoms with van der Waals surface area (Å²) in [6, 6.07) is 4.14. The molecule has 24 heteroatoms. The molecule has 0 unspecified atom stereocenters. The van der Waals surface area contributed by atoms with E-state index in [0.717, 1.165) is 0 Å². The zero-order chi connectivity index (χ0) is 55.4. The molecule has 3 rings (SSSR count). The number of benzene rings is 2. The van der Waals surface area contributed by atoms with Crippen LogP contribution in [0.2, 0.25) is 0 Å². The van der Waals surface area contributed by atoms with Gasteiger partial charge in [-0.15, -0.1) is 0 Å². The predicted molar refractivity (Wildman–Crippen MR) is 267 cm³/mol. The lowest BCUT2D eigenvalue weighted by Gasteiger charge is -2.31. The standard InChI is InChI=1S/C50H72N10O14/c1-26(2)21-34(55-43(66)32(51)24-40(64)65)45(68)54-33(18-19-38(52)62)44(67)53-25-39(63)58-41(27(3)4)48(71)59-42(28(5)6)47(70)56-35(22-29-11-8-7-9-12-29)49(72)60-20-10-13-37(60)46(69)57-36(50(73)74)23-30-14-16-31(61)17-15-30/h7-9,11-12,14-17,26-28,32-37,41-42,61H,10,13,18-25,51H2,1-6H3,(H2,52,62)(H,53,67)(H,54,68)(H,55,66)(H,56,70)(H,57,69)(H,58,63)(H,59,71)(H,64,65)(H,73,74)/t32-,33-,34-,35-,36-,37-,41-,42-/m0/s1. The fraction of sp³-hybridized carbons (Fsp3) is 0.540. The molecular weight excluding hydrogens is 965 g/mol. The Balaban J connectivity index is 1.75. The Hall–Kier alpha value is -7.63. The number of carboxylic acid groups (broad SMARTS) is 2. The third-order valence-corrected chi connectivity index (χ3v) is 12.0. The van der Waals surface area contributed by atoms with E-state index in [1.54, 1.807) is 71.9 Å². The maximum absolute atomic E-state index is 14.5. The van der Waals surface area contributed by atoms with Crippen molar-refractivity contribution in [2.75, 3.05) is 13.1 Å². The number of hydrogen-bond donors (Lipinski definition) is 12. The molecule has 1 aliphatic heterocycles. The molecule has 0 saturated carbocycles. The predicted octanol–water partition coefficient (Wildman–Crippen LogP) is -1.30. The molecule has 0 bridgehead atoms. The van der Waals surface area contributed by atoms with Gasteiger partial charge in [0.05, 0.1) is 19.0 Å². The summed E-state index contributed by atoms with van der Waals surface area (Å²) in [5, 5.41) is 46.4. The number of carbonyl (C=O) groups is 11. The highest BCUT2D eigenvalue weighted by Gasteiger charge is 2.40. The maximum Gasteiger partial charge on any atom is 0.326 e. The summed E-state index contributed by atoms with van der Waals surface area (Å²) in [6.45, 7) is 9.43. The van der Waals surface area contributed by atoms with E-state index < -0.39 is 138 Å². The normalized spacial score (nSPS) is 16.1. The van der Waals surface area contributed by atoms with Crippen molar-refractivity contribution in [1.82, 2.24) is 42.1 Å². The van der Waals surface area contributed by atoms with Crippen LogP contribution in [0.1, 0.15) is 91.2 Å². The van der Waals surface area contributed by atoms with Gasteiger partial charge in [0.2, 0.25) is 53.2 Å². The van der Waals surface area contributed by atoms with Gasteiger partial charge in [-0.2, -0.15) is 0 Å². The zero-order valence-corrected chi connectivity index (χ0v) is 42.6. The number of phenols is 1. The summed E-state index contributed by atoms with van der Waals surface area (Å²) in [6.07, 6.45) is -0.841. The van der Waals surface area contributed by atoms with Gasteiger partial charge in [0.1, 0.15) is 48.0 Å². The van der Waals surface area contributed by atoms with Gasteiger partial charge in [-0.1, -0.05) is 84.0 Å². The van der Waals surface area contributed by atoms with Crippen molar-refractivity contribution in [1.29, 1.82) is 0 Å². The number of nitrogens with two attached hydrogens (primary N) is 2. The van der Waals surface area contributed by atoms with Gasteiger partial charge in [-0.05, 0) is 66.7 Å². The third kappa shape index (κ3) is 19.8. The van der Waals surface area contributed by atoms with E-state index >= 15 is 0 Å². The molecule has 2 aromatic carbocycles. The first-order chi connectivity index (χ1) is 34.8. The lowest BCUT2D eigenvalue weighted by atomic mass is 9.98. The fourth-order valence-electron chi connectivity index (χ4n) is 8.07. The molecule has 1 aliphatic rings. The zero-order valence-electron chi connectivity index (χ0n) is 42.6. The van der Waals surface area contributed by atoms with E-state index in [-0.39, 0.29) is 56.7 Å². The van der Waals surface area contributed by atoms with Crippen molar-refractivity contribution in [2.24, 2.45) is 29.2 Å². The van der Waals surface area contributed by atoms with Gasteiger partial charge in [0.15, 0.2) is 0 Å². The smallest absolute Gasteiger partial charge is 0.326 e.